The molecule has 1 aromatic rings. The van der Waals surface area contributed by atoms with Gasteiger partial charge in [0.2, 0.25) is 11.8 Å². The van der Waals surface area contributed by atoms with Crippen molar-refractivity contribution in [3.63, 3.8) is 0 Å². The number of carbonyl (C=O) groups is 4. The van der Waals surface area contributed by atoms with Crippen molar-refractivity contribution in [1.82, 2.24) is 21.3 Å². The zero-order valence-corrected chi connectivity index (χ0v) is 22.8. The first-order chi connectivity index (χ1) is 18.7. The first kappa shape index (κ1) is 31.8. The lowest BCUT2D eigenvalue weighted by atomic mass is 9.75. The van der Waals surface area contributed by atoms with Gasteiger partial charge in [0.05, 0.1) is 19.1 Å². The summed E-state index contributed by atoms with van der Waals surface area (Å²) in [5, 5.41) is 28.5. The highest BCUT2D eigenvalue weighted by Crippen LogP contribution is 2.43. The molecule has 1 aliphatic carbocycles. The molecule has 1 heterocycles. The molecule has 1 aliphatic heterocycles. The molecule has 39 heavy (non-hydrogen) atoms. The minimum absolute atomic E-state index is 0.102. The van der Waals surface area contributed by atoms with Crippen LogP contribution in [0.3, 0.4) is 0 Å². The number of hydrogen-bond donors (Lipinski definition) is 6. The van der Waals surface area contributed by atoms with Gasteiger partial charge < -0.3 is 41.0 Å². The summed E-state index contributed by atoms with van der Waals surface area (Å²) in [7, 11) is 1.53. The Morgan fingerprint density at radius 2 is 1.90 bits per heavy atom. The van der Waals surface area contributed by atoms with Gasteiger partial charge in [-0.1, -0.05) is 18.9 Å². The van der Waals surface area contributed by atoms with Crippen molar-refractivity contribution in [1.29, 1.82) is 0 Å². The lowest BCUT2D eigenvalue weighted by molar-refractivity contribution is -0.135. The molecule has 2 bridgehead atoms. The maximum atomic E-state index is 13.4. The van der Waals surface area contributed by atoms with Crippen molar-refractivity contribution >= 4 is 23.7 Å². The second kappa shape index (κ2) is 16.6. The molecule has 6 N–H and O–H groups in total. The van der Waals surface area contributed by atoms with E-state index in [-0.39, 0.29) is 44.0 Å². The number of carbonyl (C=O) groups excluding carboxylic acids is 3. The second-order valence-electron chi connectivity index (χ2n) is 9.86. The quantitative estimate of drug-likeness (QED) is 0.289. The largest absolute Gasteiger partial charge is 0.493 e. The lowest BCUT2D eigenvalue weighted by Crippen LogP contribution is -2.50. The van der Waals surface area contributed by atoms with Crippen LogP contribution < -0.4 is 30.7 Å². The van der Waals surface area contributed by atoms with Crippen LogP contribution in [0.5, 0.6) is 11.5 Å². The Labute approximate surface area is 229 Å². The molecular weight excluding hydrogens is 508 g/mol. The molecule has 1 unspecified atom stereocenters. The first-order valence-electron chi connectivity index (χ1n) is 13.3. The summed E-state index contributed by atoms with van der Waals surface area (Å²) in [4.78, 5) is 47.2. The van der Waals surface area contributed by atoms with Gasteiger partial charge in [-0.05, 0) is 49.4 Å². The Kier molecular flexibility index (Phi) is 13.5. The van der Waals surface area contributed by atoms with E-state index in [9.17, 15) is 19.5 Å². The number of fused-ring (bicyclic) bond motifs is 2. The van der Waals surface area contributed by atoms with Crippen LogP contribution in [0.25, 0.3) is 0 Å². The highest BCUT2D eigenvalue weighted by atomic mass is 16.5. The van der Waals surface area contributed by atoms with Gasteiger partial charge in [-0.3, -0.25) is 19.2 Å². The standard InChI is InChI=1S/C25H38N4O6.C2H4O2/c1-34-20-7-6-19-13-21(20)35-16-23(32)27-10-9-26-8-2-3-22(31)29-17-25(15-19,14-18-4-5-18)24(33)28-11-12-30;1-2(3)4/h6-7,13,18,26,30H,2-5,8-12,14-17H2,1H3,(H,27,32)(H,28,33)(H,29,31);1H3,(H,3,4). The van der Waals surface area contributed by atoms with Gasteiger partial charge in [-0.25, -0.2) is 0 Å². The van der Waals surface area contributed by atoms with Crippen molar-refractivity contribution < 1.29 is 38.9 Å². The number of carboxylic acids is 1. The zero-order chi connectivity index (χ0) is 28.7. The number of hydrogen-bond acceptors (Lipinski definition) is 8. The maximum Gasteiger partial charge on any atom is 0.300 e. The third kappa shape index (κ3) is 11.9. The van der Waals surface area contributed by atoms with Crippen molar-refractivity contribution in [3.05, 3.63) is 23.8 Å². The fourth-order valence-corrected chi connectivity index (χ4v) is 4.37. The smallest absolute Gasteiger partial charge is 0.300 e. The van der Waals surface area contributed by atoms with E-state index in [1.807, 2.05) is 6.07 Å². The van der Waals surface area contributed by atoms with E-state index in [0.29, 0.717) is 62.7 Å². The fraction of sp³-hybridized carbons (Fsp3) is 0.630. The van der Waals surface area contributed by atoms with Crippen molar-refractivity contribution in [3.8, 4) is 11.5 Å². The summed E-state index contributed by atoms with van der Waals surface area (Å²) >= 11 is 0. The average molecular weight is 551 g/mol. The van der Waals surface area contributed by atoms with E-state index in [2.05, 4.69) is 21.3 Å². The van der Waals surface area contributed by atoms with E-state index < -0.39 is 11.4 Å². The molecule has 0 aromatic heterocycles. The Balaban J connectivity index is 0.00000124. The van der Waals surface area contributed by atoms with Crippen LogP contribution in [-0.4, -0.2) is 87.0 Å². The van der Waals surface area contributed by atoms with E-state index in [1.54, 1.807) is 12.1 Å². The van der Waals surface area contributed by atoms with Crippen LogP contribution in [0.2, 0.25) is 0 Å². The SMILES string of the molecule is CC(=O)O.COc1ccc2cc1OCC(=O)NCCNCCCC(=O)NCC(CC1CC1)(C(=O)NCCO)C2. The van der Waals surface area contributed by atoms with E-state index in [4.69, 9.17) is 19.4 Å². The summed E-state index contributed by atoms with van der Waals surface area (Å²) in [6, 6.07) is 5.43. The number of rotatable bonds is 6. The molecule has 1 saturated carbocycles. The lowest BCUT2D eigenvalue weighted by Gasteiger charge is -2.33. The van der Waals surface area contributed by atoms with Crippen LogP contribution >= 0.6 is 0 Å². The molecule has 0 radical (unpaired) electrons. The van der Waals surface area contributed by atoms with Crippen LogP contribution in [0.15, 0.2) is 18.2 Å². The Hall–Kier alpha value is -3.38. The third-order valence-electron chi connectivity index (χ3n) is 6.39. The normalized spacial score (nSPS) is 20.9. The molecule has 3 amide bonds. The molecule has 1 fully saturated rings. The first-order valence-corrected chi connectivity index (χ1v) is 13.3. The number of carboxylic acid groups (broad SMARTS) is 1. The van der Waals surface area contributed by atoms with Gasteiger partial charge in [0.25, 0.3) is 11.9 Å². The molecule has 12 nitrogen and oxygen atoms in total. The number of aliphatic carboxylic acids is 1. The molecule has 1 atom stereocenters. The van der Waals surface area contributed by atoms with Crippen LogP contribution in [0.4, 0.5) is 0 Å². The van der Waals surface area contributed by atoms with Crippen molar-refractivity contribution in [2.45, 2.75) is 45.4 Å². The highest BCUT2D eigenvalue weighted by molar-refractivity contribution is 5.84. The van der Waals surface area contributed by atoms with Gasteiger partial charge in [0, 0.05) is 39.5 Å². The van der Waals surface area contributed by atoms with Crippen molar-refractivity contribution in [2.75, 3.05) is 53.0 Å². The molecule has 0 spiro atoms. The minimum Gasteiger partial charge on any atom is -0.493 e. The summed E-state index contributed by atoms with van der Waals surface area (Å²) in [6.07, 6.45) is 4.11. The monoisotopic (exact) mass is 550 g/mol. The van der Waals surface area contributed by atoms with E-state index >= 15 is 0 Å². The summed E-state index contributed by atoms with van der Waals surface area (Å²) in [5.41, 5.74) is -0.0422. The molecule has 0 saturated heterocycles. The second-order valence-corrected chi connectivity index (χ2v) is 9.86. The number of aliphatic hydroxyl groups is 1. The van der Waals surface area contributed by atoms with Gasteiger partial charge in [-0.15, -0.1) is 0 Å². The Morgan fingerprint density at radius 3 is 2.56 bits per heavy atom. The molecular formula is C27H42N4O8. The number of aliphatic hydroxyl groups excluding tert-OH is 1. The number of benzene rings is 1. The number of amides is 3. The average Bonchev–Trinajstić information content (AvgIpc) is 3.71. The molecule has 1 aromatic carbocycles. The number of ether oxygens (including phenoxy) is 2. The molecule has 218 valence electrons. The van der Waals surface area contributed by atoms with Crippen LogP contribution in [-0.2, 0) is 25.6 Å². The Morgan fingerprint density at radius 1 is 1.15 bits per heavy atom. The fourth-order valence-electron chi connectivity index (χ4n) is 4.37. The summed E-state index contributed by atoms with van der Waals surface area (Å²) in [6.45, 7) is 2.81. The minimum atomic E-state index is -0.876. The van der Waals surface area contributed by atoms with E-state index in [0.717, 1.165) is 25.3 Å². The van der Waals surface area contributed by atoms with Gasteiger partial charge in [-0.2, -0.15) is 0 Å². The molecule has 12 heteroatoms. The summed E-state index contributed by atoms with van der Waals surface area (Å²) < 4.78 is 11.2. The van der Waals surface area contributed by atoms with Crippen LogP contribution in [0.1, 0.15) is 44.6 Å². The third-order valence-corrected chi connectivity index (χ3v) is 6.39. The van der Waals surface area contributed by atoms with Crippen LogP contribution in [0, 0.1) is 11.3 Å². The van der Waals surface area contributed by atoms with Gasteiger partial charge in [0.15, 0.2) is 18.1 Å². The molecule has 3 rings (SSSR count). The summed E-state index contributed by atoms with van der Waals surface area (Å²) in [5.74, 6) is -0.0386. The number of methoxy groups -OCH3 is 1. The highest BCUT2D eigenvalue weighted by Gasteiger charge is 2.43. The Bertz CT molecular complexity index is 965. The van der Waals surface area contributed by atoms with E-state index in [1.165, 1.54) is 7.11 Å². The van der Waals surface area contributed by atoms with Gasteiger partial charge >= 0.3 is 0 Å². The topological polar surface area (TPSA) is 175 Å². The van der Waals surface area contributed by atoms with Crippen molar-refractivity contribution in [2.24, 2.45) is 11.3 Å². The molecule has 2 aliphatic rings. The van der Waals surface area contributed by atoms with Gasteiger partial charge in [0.1, 0.15) is 0 Å². The predicted octanol–water partition coefficient (Wildman–Crippen LogP) is 0.218. The zero-order valence-electron chi connectivity index (χ0n) is 22.8. The predicted molar refractivity (Wildman–Crippen MR) is 143 cm³/mol. The maximum absolute atomic E-state index is 13.4. The number of nitrogens with one attached hydrogen (secondary N) is 4.